The highest BCUT2D eigenvalue weighted by molar-refractivity contribution is 6.30. The number of rotatable bonds is 5. The maximum Gasteiger partial charge on any atom is 0.323 e. The first-order valence-electron chi connectivity index (χ1n) is 5.71. The summed E-state index contributed by atoms with van der Waals surface area (Å²) in [4.78, 5) is 11.5. The summed E-state index contributed by atoms with van der Waals surface area (Å²) in [6.45, 7) is 4.01. The number of halogens is 2. The van der Waals surface area contributed by atoms with Crippen LogP contribution in [0.25, 0.3) is 0 Å². The maximum absolute atomic E-state index is 13.6. The highest BCUT2D eigenvalue weighted by atomic mass is 35.5. The van der Waals surface area contributed by atoms with E-state index in [0.29, 0.717) is 5.56 Å². The second-order valence-corrected chi connectivity index (χ2v) is 4.75. The molecule has 0 saturated heterocycles. The predicted octanol–water partition coefficient (Wildman–Crippen LogP) is 2.77. The maximum atomic E-state index is 13.6. The third-order valence-corrected chi connectivity index (χ3v) is 2.96. The Labute approximate surface area is 111 Å². The largest absolute Gasteiger partial charge is 0.468 e. The van der Waals surface area contributed by atoms with E-state index in [9.17, 15) is 9.18 Å². The molecule has 18 heavy (non-hydrogen) atoms. The number of benzene rings is 1. The lowest BCUT2D eigenvalue weighted by Gasteiger charge is -2.20. The average molecular weight is 274 g/mol. The molecule has 1 aromatic rings. The Kier molecular flexibility index (Phi) is 5.56. The molecule has 3 nitrogen and oxygen atoms in total. The number of methoxy groups -OCH3 is 1. The van der Waals surface area contributed by atoms with Gasteiger partial charge in [-0.2, -0.15) is 0 Å². The van der Waals surface area contributed by atoms with E-state index >= 15 is 0 Å². The number of carbonyl (C=O) groups is 1. The summed E-state index contributed by atoms with van der Waals surface area (Å²) in [6, 6.07) is 4.32. The minimum absolute atomic E-state index is 0.0553. The van der Waals surface area contributed by atoms with Crippen LogP contribution in [0.15, 0.2) is 18.2 Å². The summed E-state index contributed by atoms with van der Waals surface area (Å²) in [5.74, 6) is -0.758. The van der Waals surface area contributed by atoms with Crippen LogP contribution in [0.3, 0.4) is 0 Å². The smallest absolute Gasteiger partial charge is 0.323 e. The fraction of sp³-hybridized carbons (Fsp3) is 0.462. The van der Waals surface area contributed by atoms with E-state index in [1.807, 2.05) is 13.8 Å². The van der Waals surface area contributed by atoms with Crippen molar-refractivity contribution in [3.05, 3.63) is 34.6 Å². The molecule has 0 heterocycles. The van der Waals surface area contributed by atoms with Crippen LogP contribution in [0.5, 0.6) is 0 Å². The molecule has 0 aliphatic rings. The molecule has 0 unspecified atom stereocenters. The van der Waals surface area contributed by atoms with Gasteiger partial charge in [0.1, 0.15) is 11.9 Å². The van der Waals surface area contributed by atoms with Crippen molar-refractivity contribution < 1.29 is 13.9 Å². The molecule has 1 aromatic carbocycles. The van der Waals surface area contributed by atoms with Crippen molar-refractivity contribution in [3.8, 4) is 0 Å². The second kappa shape index (κ2) is 6.71. The molecule has 100 valence electrons. The minimum Gasteiger partial charge on any atom is -0.468 e. The van der Waals surface area contributed by atoms with Gasteiger partial charge < -0.3 is 4.74 Å². The summed E-state index contributed by atoms with van der Waals surface area (Å²) in [7, 11) is 1.33. The van der Waals surface area contributed by atoms with E-state index < -0.39 is 11.9 Å². The Morgan fingerprint density at radius 2 is 2.17 bits per heavy atom. The molecule has 0 bridgehead atoms. The Morgan fingerprint density at radius 1 is 1.50 bits per heavy atom. The van der Waals surface area contributed by atoms with Crippen molar-refractivity contribution in [3.63, 3.8) is 0 Å². The van der Waals surface area contributed by atoms with Crippen molar-refractivity contribution in [2.24, 2.45) is 5.92 Å². The number of nitrogens with one attached hydrogen (secondary N) is 1. The van der Waals surface area contributed by atoms with Gasteiger partial charge >= 0.3 is 5.97 Å². The van der Waals surface area contributed by atoms with Crippen molar-refractivity contribution >= 4 is 17.6 Å². The van der Waals surface area contributed by atoms with Gasteiger partial charge in [0.15, 0.2) is 0 Å². The highest BCUT2D eigenvalue weighted by Crippen LogP contribution is 2.18. The van der Waals surface area contributed by atoms with E-state index in [1.54, 1.807) is 12.1 Å². The van der Waals surface area contributed by atoms with Crippen molar-refractivity contribution in [2.75, 3.05) is 7.11 Å². The van der Waals surface area contributed by atoms with Crippen LogP contribution < -0.4 is 5.32 Å². The van der Waals surface area contributed by atoms with Gasteiger partial charge in [-0.25, -0.2) is 4.39 Å². The lowest BCUT2D eigenvalue weighted by atomic mass is 10.0. The van der Waals surface area contributed by atoms with Crippen molar-refractivity contribution in [1.82, 2.24) is 5.32 Å². The molecule has 1 rings (SSSR count). The molecule has 0 radical (unpaired) electrons. The standard InChI is InChI=1S/C13H17ClFNO2/c1-8(2)12(13(17)18-3)16-7-9-5-4-6-10(14)11(9)15/h4-6,8,12,16H,7H2,1-3H3/t12-/m0/s1. The molecule has 1 N–H and O–H groups in total. The van der Waals surface area contributed by atoms with E-state index in [-0.39, 0.29) is 23.5 Å². The monoisotopic (exact) mass is 273 g/mol. The normalized spacial score (nSPS) is 12.6. The van der Waals surface area contributed by atoms with Gasteiger partial charge in [0.2, 0.25) is 0 Å². The molecule has 0 spiro atoms. The molecule has 0 aromatic heterocycles. The van der Waals surface area contributed by atoms with Crippen LogP contribution in [-0.4, -0.2) is 19.1 Å². The minimum atomic E-state index is -0.464. The molecule has 0 fully saturated rings. The Bertz CT molecular complexity index is 423. The quantitative estimate of drug-likeness (QED) is 0.839. The van der Waals surface area contributed by atoms with Gasteiger partial charge in [-0.05, 0) is 12.0 Å². The summed E-state index contributed by atoms with van der Waals surface area (Å²) in [5, 5.41) is 3.06. The van der Waals surface area contributed by atoms with Crippen molar-refractivity contribution in [1.29, 1.82) is 0 Å². The number of ether oxygens (including phenoxy) is 1. The summed E-state index contributed by atoms with van der Waals surface area (Å²) < 4.78 is 18.3. The molecular weight excluding hydrogens is 257 g/mol. The van der Waals surface area contributed by atoms with Crippen LogP contribution in [0.2, 0.25) is 5.02 Å². The zero-order valence-corrected chi connectivity index (χ0v) is 11.4. The van der Waals surface area contributed by atoms with E-state index in [1.165, 1.54) is 13.2 Å². The van der Waals surface area contributed by atoms with Crippen LogP contribution >= 0.6 is 11.6 Å². The predicted molar refractivity (Wildman–Crippen MR) is 68.9 cm³/mol. The summed E-state index contributed by atoms with van der Waals surface area (Å²) in [5.41, 5.74) is 0.428. The van der Waals surface area contributed by atoms with Crippen LogP contribution in [-0.2, 0) is 16.1 Å². The zero-order chi connectivity index (χ0) is 13.7. The van der Waals surface area contributed by atoms with Gasteiger partial charge in [-0.15, -0.1) is 0 Å². The Balaban J connectivity index is 2.73. The lowest BCUT2D eigenvalue weighted by Crippen LogP contribution is -2.41. The van der Waals surface area contributed by atoms with Crippen LogP contribution in [0, 0.1) is 11.7 Å². The van der Waals surface area contributed by atoms with Gasteiger partial charge in [-0.3, -0.25) is 10.1 Å². The highest BCUT2D eigenvalue weighted by Gasteiger charge is 2.22. The fourth-order valence-electron chi connectivity index (χ4n) is 1.62. The zero-order valence-electron chi connectivity index (χ0n) is 10.7. The third kappa shape index (κ3) is 3.68. The fourth-order valence-corrected chi connectivity index (χ4v) is 1.82. The van der Waals surface area contributed by atoms with E-state index in [2.05, 4.69) is 5.32 Å². The third-order valence-electron chi connectivity index (χ3n) is 2.67. The van der Waals surface area contributed by atoms with Crippen LogP contribution in [0.4, 0.5) is 4.39 Å². The number of hydrogen-bond acceptors (Lipinski definition) is 3. The van der Waals surface area contributed by atoms with E-state index in [4.69, 9.17) is 16.3 Å². The SMILES string of the molecule is COC(=O)[C@@H](NCc1cccc(Cl)c1F)C(C)C. The number of hydrogen-bond donors (Lipinski definition) is 1. The first kappa shape index (κ1) is 14.9. The van der Waals surface area contributed by atoms with Crippen molar-refractivity contribution in [2.45, 2.75) is 26.4 Å². The molecule has 0 aliphatic heterocycles. The molecular formula is C13H17ClFNO2. The number of esters is 1. The summed E-state index contributed by atoms with van der Waals surface area (Å²) >= 11 is 5.69. The molecule has 0 saturated carbocycles. The van der Waals surface area contributed by atoms with Gasteiger partial charge in [0, 0.05) is 12.1 Å². The van der Waals surface area contributed by atoms with Gasteiger partial charge in [0.05, 0.1) is 12.1 Å². The Morgan fingerprint density at radius 3 is 2.72 bits per heavy atom. The summed E-state index contributed by atoms with van der Waals surface area (Å²) in [6.07, 6.45) is 0. The average Bonchev–Trinajstić information content (AvgIpc) is 2.33. The van der Waals surface area contributed by atoms with E-state index in [0.717, 1.165) is 0 Å². The second-order valence-electron chi connectivity index (χ2n) is 4.34. The van der Waals surface area contributed by atoms with Gasteiger partial charge in [-0.1, -0.05) is 37.6 Å². The first-order chi connectivity index (χ1) is 8.47. The topological polar surface area (TPSA) is 38.3 Å². The molecule has 5 heteroatoms. The lowest BCUT2D eigenvalue weighted by molar-refractivity contribution is -0.144. The molecule has 0 amide bonds. The first-order valence-corrected chi connectivity index (χ1v) is 6.09. The molecule has 1 atom stereocenters. The van der Waals surface area contributed by atoms with Crippen LogP contribution in [0.1, 0.15) is 19.4 Å². The Hall–Kier alpha value is -1.13. The molecule has 0 aliphatic carbocycles. The van der Waals surface area contributed by atoms with Gasteiger partial charge in [0.25, 0.3) is 0 Å². The number of carbonyl (C=O) groups excluding carboxylic acids is 1.